The number of fused-ring (bicyclic) bond motifs is 2. The van der Waals surface area contributed by atoms with Crippen LogP contribution in [0.15, 0.2) is 200 Å². The summed E-state index contributed by atoms with van der Waals surface area (Å²) >= 11 is 0. The summed E-state index contributed by atoms with van der Waals surface area (Å²) in [6.45, 7) is 0. The molecule has 0 atom stereocenters. The average molecular weight is 640 g/mol. The molecule has 1 aromatic heterocycles. The van der Waals surface area contributed by atoms with Gasteiger partial charge in [0.05, 0.1) is 33.9 Å². The Morgan fingerprint density at radius 1 is 0.360 bits per heavy atom. The molecule has 0 saturated carbocycles. The van der Waals surface area contributed by atoms with Crippen molar-refractivity contribution in [2.24, 2.45) is 0 Å². The molecule has 3 nitrogen and oxygen atoms in total. The molecule has 0 spiro atoms. The quantitative estimate of drug-likeness (QED) is 0.181. The van der Waals surface area contributed by atoms with E-state index in [2.05, 4.69) is 193 Å². The SMILES string of the molecule is c1ccc(-c2cc(-c3ccccc3)nc(-c3ccccc3N3c4ccccc4C(c4ccccc4)(c4ccccc4)c4ccccc43)n2)cc1. The van der Waals surface area contributed by atoms with Crippen molar-refractivity contribution in [3.63, 3.8) is 0 Å². The molecule has 1 aliphatic heterocycles. The summed E-state index contributed by atoms with van der Waals surface area (Å²) in [6.07, 6.45) is 0. The van der Waals surface area contributed by atoms with Gasteiger partial charge in [-0.05, 0) is 52.6 Å². The number of anilines is 3. The summed E-state index contributed by atoms with van der Waals surface area (Å²) in [5.74, 6) is 0.679. The number of nitrogens with zero attached hydrogens (tertiary/aromatic N) is 3. The maximum absolute atomic E-state index is 5.25. The zero-order chi connectivity index (χ0) is 33.3. The highest BCUT2D eigenvalue weighted by atomic mass is 15.2. The zero-order valence-corrected chi connectivity index (χ0v) is 27.4. The minimum absolute atomic E-state index is 0.536. The summed E-state index contributed by atoms with van der Waals surface area (Å²) in [4.78, 5) is 12.9. The van der Waals surface area contributed by atoms with Crippen molar-refractivity contribution in [3.05, 3.63) is 222 Å². The predicted molar refractivity (Wildman–Crippen MR) is 205 cm³/mol. The van der Waals surface area contributed by atoms with Crippen molar-refractivity contribution >= 4 is 17.1 Å². The van der Waals surface area contributed by atoms with E-state index >= 15 is 0 Å². The third-order valence-corrected chi connectivity index (χ3v) is 9.76. The number of hydrogen-bond acceptors (Lipinski definition) is 3. The Balaban J connectivity index is 1.32. The molecule has 2 heterocycles. The van der Waals surface area contributed by atoms with Crippen molar-refractivity contribution < 1.29 is 0 Å². The van der Waals surface area contributed by atoms with Crippen LogP contribution >= 0.6 is 0 Å². The van der Waals surface area contributed by atoms with E-state index in [1.807, 2.05) is 12.1 Å². The van der Waals surface area contributed by atoms with Crippen molar-refractivity contribution in [2.45, 2.75) is 5.41 Å². The Kier molecular flexibility index (Phi) is 7.37. The molecular weight excluding hydrogens is 607 g/mol. The minimum atomic E-state index is -0.536. The summed E-state index contributed by atoms with van der Waals surface area (Å²) in [5.41, 5.74) is 12.4. The standard InChI is InChI=1S/C47H33N3/c1-5-19-34(20-6-1)41-33-42(35-21-7-2-8-22-35)49-46(48-41)38-27-13-16-30-43(38)50-44-31-17-14-28-39(44)47(36-23-9-3-10-24-36,37-25-11-4-12-26-37)40-29-15-18-32-45(40)50/h1-33H. The highest BCUT2D eigenvalue weighted by Crippen LogP contribution is 2.58. The van der Waals surface area contributed by atoms with Crippen LogP contribution in [0.25, 0.3) is 33.9 Å². The lowest BCUT2D eigenvalue weighted by atomic mass is 9.62. The van der Waals surface area contributed by atoms with Crippen LogP contribution in [0.5, 0.6) is 0 Å². The maximum atomic E-state index is 5.25. The van der Waals surface area contributed by atoms with Gasteiger partial charge in [-0.25, -0.2) is 9.97 Å². The molecule has 9 rings (SSSR count). The molecule has 0 unspecified atom stereocenters. The maximum Gasteiger partial charge on any atom is 0.162 e. The second-order valence-electron chi connectivity index (χ2n) is 12.6. The van der Waals surface area contributed by atoms with E-state index in [-0.39, 0.29) is 0 Å². The third kappa shape index (κ3) is 4.83. The second kappa shape index (κ2) is 12.5. The van der Waals surface area contributed by atoms with E-state index in [9.17, 15) is 0 Å². The lowest BCUT2D eigenvalue weighted by Gasteiger charge is -2.46. The molecule has 0 N–H and O–H groups in total. The van der Waals surface area contributed by atoms with Gasteiger partial charge >= 0.3 is 0 Å². The topological polar surface area (TPSA) is 29.0 Å². The zero-order valence-electron chi connectivity index (χ0n) is 27.4. The molecular formula is C47H33N3. The van der Waals surface area contributed by atoms with Crippen LogP contribution in [0.1, 0.15) is 22.3 Å². The van der Waals surface area contributed by atoms with Crippen LogP contribution in [0, 0.1) is 0 Å². The number of hydrogen-bond donors (Lipinski definition) is 0. The van der Waals surface area contributed by atoms with Gasteiger partial charge in [-0.2, -0.15) is 0 Å². The Bertz CT molecular complexity index is 2280. The highest BCUT2D eigenvalue weighted by Gasteiger charge is 2.46. The fraction of sp³-hybridized carbons (Fsp3) is 0.0213. The fourth-order valence-corrected chi connectivity index (χ4v) is 7.61. The molecule has 8 aromatic rings. The van der Waals surface area contributed by atoms with E-state index in [0.717, 1.165) is 45.1 Å². The van der Waals surface area contributed by atoms with Crippen LogP contribution in [0.3, 0.4) is 0 Å². The van der Waals surface area contributed by atoms with E-state index in [4.69, 9.17) is 9.97 Å². The number of para-hydroxylation sites is 3. The molecule has 0 saturated heterocycles. The van der Waals surface area contributed by atoms with Gasteiger partial charge in [-0.1, -0.05) is 170 Å². The summed E-state index contributed by atoms with van der Waals surface area (Å²) in [5, 5.41) is 0. The molecule has 3 heteroatoms. The Morgan fingerprint density at radius 2 is 0.740 bits per heavy atom. The average Bonchev–Trinajstić information content (AvgIpc) is 3.21. The molecule has 0 radical (unpaired) electrons. The van der Waals surface area contributed by atoms with Crippen molar-refractivity contribution in [3.8, 4) is 33.9 Å². The molecule has 50 heavy (non-hydrogen) atoms. The Hall–Kier alpha value is -6.58. The van der Waals surface area contributed by atoms with Crippen LogP contribution in [-0.2, 0) is 5.41 Å². The Morgan fingerprint density at radius 3 is 1.22 bits per heavy atom. The van der Waals surface area contributed by atoms with Gasteiger partial charge in [0.1, 0.15) is 0 Å². The number of aromatic nitrogens is 2. The molecule has 7 aromatic carbocycles. The van der Waals surface area contributed by atoms with Crippen molar-refractivity contribution in [2.75, 3.05) is 4.90 Å². The van der Waals surface area contributed by atoms with E-state index < -0.39 is 5.41 Å². The van der Waals surface area contributed by atoms with Crippen LogP contribution in [0.4, 0.5) is 17.1 Å². The smallest absolute Gasteiger partial charge is 0.162 e. The van der Waals surface area contributed by atoms with Crippen molar-refractivity contribution in [1.29, 1.82) is 0 Å². The van der Waals surface area contributed by atoms with Gasteiger partial charge in [0.2, 0.25) is 0 Å². The molecule has 0 fully saturated rings. The summed E-state index contributed by atoms with van der Waals surface area (Å²) in [7, 11) is 0. The third-order valence-electron chi connectivity index (χ3n) is 9.76. The lowest BCUT2D eigenvalue weighted by molar-refractivity contribution is 0.731. The van der Waals surface area contributed by atoms with E-state index in [0.29, 0.717) is 5.82 Å². The van der Waals surface area contributed by atoms with Gasteiger partial charge < -0.3 is 4.90 Å². The van der Waals surface area contributed by atoms with E-state index in [1.54, 1.807) is 0 Å². The molecule has 1 aliphatic rings. The van der Waals surface area contributed by atoms with Gasteiger partial charge in [0, 0.05) is 16.7 Å². The monoisotopic (exact) mass is 639 g/mol. The largest absolute Gasteiger partial charge is 0.309 e. The summed E-state index contributed by atoms with van der Waals surface area (Å²) in [6, 6.07) is 70.9. The van der Waals surface area contributed by atoms with Gasteiger partial charge in [-0.15, -0.1) is 0 Å². The summed E-state index contributed by atoms with van der Waals surface area (Å²) < 4.78 is 0. The first kappa shape index (κ1) is 29.6. The number of rotatable bonds is 6. The lowest BCUT2D eigenvalue weighted by Crippen LogP contribution is -2.37. The first-order valence-electron chi connectivity index (χ1n) is 17.0. The first-order chi connectivity index (χ1) is 24.8. The van der Waals surface area contributed by atoms with Crippen LogP contribution in [-0.4, -0.2) is 9.97 Å². The highest BCUT2D eigenvalue weighted by molar-refractivity contribution is 5.94. The number of benzene rings is 7. The van der Waals surface area contributed by atoms with Gasteiger partial charge in [0.25, 0.3) is 0 Å². The molecule has 0 amide bonds. The van der Waals surface area contributed by atoms with E-state index in [1.165, 1.54) is 22.3 Å². The predicted octanol–water partition coefficient (Wildman–Crippen LogP) is 11.6. The van der Waals surface area contributed by atoms with Crippen LogP contribution < -0.4 is 4.90 Å². The second-order valence-corrected chi connectivity index (χ2v) is 12.6. The first-order valence-corrected chi connectivity index (χ1v) is 17.0. The molecule has 0 aliphatic carbocycles. The van der Waals surface area contributed by atoms with Crippen molar-refractivity contribution in [1.82, 2.24) is 9.97 Å². The fourth-order valence-electron chi connectivity index (χ4n) is 7.61. The van der Waals surface area contributed by atoms with Gasteiger partial charge in [0.15, 0.2) is 5.82 Å². The molecule has 236 valence electrons. The minimum Gasteiger partial charge on any atom is -0.309 e. The van der Waals surface area contributed by atoms with Crippen LogP contribution in [0.2, 0.25) is 0 Å². The Labute approximate surface area is 292 Å². The molecule has 0 bridgehead atoms. The normalized spacial score (nSPS) is 12.9. The van der Waals surface area contributed by atoms with Gasteiger partial charge in [-0.3, -0.25) is 0 Å².